The van der Waals surface area contributed by atoms with Crippen LogP contribution >= 0.6 is 23.4 Å². The number of carbonyl (C=O) groups is 1. The Labute approximate surface area is 154 Å². The highest BCUT2D eigenvalue weighted by molar-refractivity contribution is 7.99. The van der Waals surface area contributed by atoms with Gasteiger partial charge in [0.05, 0.1) is 0 Å². The van der Waals surface area contributed by atoms with Crippen LogP contribution in [0.5, 0.6) is 0 Å². The lowest BCUT2D eigenvalue weighted by Crippen LogP contribution is -2.43. The summed E-state index contributed by atoms with van der Waals surface area (Å²) in [5, 5.41) is 10.0. The molecular formula is C17H27ClN4OS. The number of rotatable bonds is 7. The summed E-state index contributed by atoms with van der Waals surface area (Å²) in [7, 11) is 0. The van der Waals surface area contributed by atoms with Crippen LogP contribution in [0.25, 0.3) is 0 Å². The predicted octanol–water partition coefficient (Wildman–Crippen LogP) is 2.90. The summed E-state index contributed by atoms with van der Waals surface area (Å²) >= 11 is 7.61. The Bertz CT molecular complexity index is 541. The monoisotopic (exact) mass is 370 g/mol. The molecule has 0 aromatic heterocycles. The summed E-state index contributed by atoms with van der Waals surface area (Å²) < 4.78 is 0. The van der Waals surface area contributed by atoms with Gasteiger partial charge in [0, 0.05) is 34.3 Å². The molecule has 5 nitrogen and oxygen atoms in total. The lowest BCUT2D eigenvalue weighted by Gasteiger charge is -2.20. The van der Waals surface area contributed by atoms with Crippen LogP contribution in [-0.2, 0) is 4.79 Å². The topological polar surface area (TPSA) is 65.5 Å². The van der Waals surface area contributed by atoms with Gasteiger partial charge in [0.25, 0.3) is 0 Å². The maximum Gasteiger partial charge on any atom is 0.242 e. The van der Waals surface area contributed by atoms with Crippen molar-refractivity contribution in [3.63, 3.8) is 0 Å². The van der Waals surface area contributed by atoms with Crippen LogP contribution in [0.1, 0.15) is 27.7 Å². The van der Waals surface area contributed by atoms with E-state index >= 15 is 0 Å². The zero-order valence-corrected chi connectivity index (χ0v) is 16.4. The molecule has 0 saturated heterocycles. The van der Waals surface area contributed by atoms with Crippen molar-refractivity contribution < 1.29 is 4.79 Å². The molecule has 0 aliphatic rings. The van der Waals surface area contributed by atoms with Gasteiger partial charge in [0.15, 0.2) is 5.96 Å². The van der Waals surface area contributed by atoms with Gasteiger partial charge in [-0.1, -0.05) is 11.6 Å². The highest BCUT2D eigenvalue weighted by Gasteiger charge is 2.13. The summed E-state index contributed by atoms with van der Waals surface area (Å²) in [6.45, 7) is 9.45. The van der Waals surface area contributed by atoms with Gasteiger partial charge >= 0.3 is 0 Å². The van der Waals surface area contributed by atoms with E-state index in [2.05, 4.69) is 20.9 Å². The molecule has 0 atom stereocenters. The minimum atomic E-state index is -0.242. The van der Waals surface area contributed by atoms with Crippen LogP contribution in [0.4, 0.5) is 0 Å². The number of amides is 1. The number of benzene rings is 1. The number of nitrogens with zero attached hydrogens (tertiary/aromatic N) is 1. The summed E-state index contributed by atoms with van der Waals surface area (Å²) in [6.07, 6.45) is 0. The molecule has 0 saturated carbocycles. The second-order valence-electron chi connectivity index (χ2n) is 6.22. The Morgan fingerprint density at radius 1 is 1.21 bits per heavy atom. The molecule has 0 aliphatic carbocycles. The van der Waals surface area contributed by atoms with Crippen LogP contribution in [0, 0.1) is 0 Å². The Balaban J connectivity index is 2.37. The van der Waals surface area contributed by atoms with Gasteiger partial charge in [0.1, 0.15) is 6.54 Å². The Hall–Kier alpha value is -1.40. The van der Waals surface area contributed by atoms with Crippen molar-refractivity contribution in [2.24, 2.45) is 4.99 Å². The SMILES string of the molecule is CCNC(=NCC(=O)NC(C)(C)C)NCCSc1ccc(Cl)cc1. The second-order valence-corrected chi connectivity index (χ2v) is 7.83. The van der Waals surface area contributed by atoms with Crippen molar-refractivity contribution in [2.45, 2.75) is 38.1 Å². The van der Waals surface area contributed by atoms with Crippen molar-refractivity contribution in [1.29, 1.82) is 0 Å². The number of hydrogen-bond donors (Lipinski definition) is 3. The van der Waals surface area contributed by atoms with Crippen LogP contribution in [0.15, 0.2) is 34.2 Å². The molecule has 0 bridgehead atoms. The van der Waals surface area contributed by atoms with Crippen molar-refractivity contribution in [3.05, 3.63) is 29.3 Å². The number of nitrogens with one attached hydrogen (secondary N) is 3. The number of hydrogen-bond acceptors (Lipinski definition) is 3. The van der Waals surface area contributed by atoms with Crippen molar-refractivity contribution in [3.8, 4) is 0 Å². The van der Waals surface area contributed by atoms with E-state index in [9.17, 15) is 4.79 Å². The number of halogens is 1. The van der Waals surface area contributed by atoms with E-state index in [0.29, 0.717) is 5.96 Å². The molecule has 1 aromatic carbocycles. The number of guanidine groups is 1. The number of thioether (sulfide) groups is 1. The third-order valence-electron chi connectivity index (χ3n) is 2.72. The van der Waals surface area contributed by atoms with Gasteiger partial charge in [-0.05, 0) is 52.0 Å². The summed E-state index contributed by atoms with van der Waals surface area (Å²) in [4.78, 5) is 17.3. The first kappa shape index (κ1) is 20.6. The largest absolute Gasteiger partial charge is 0.357 e. The van der Waals surface area contributed by atoms with Gasteiger partial charge < -0.3 is 16.0 Å². The maximum atomic E-state index is 11.8. The van der Waals surface area contributed by atoms with Gasteiger partial charge in [-0.15, -0.1) is 11.8 Å². The first-order valence-corrected chi connectivity index (χ1v) is 9.38. The third kappa shape index (κ3) is 9.67. The molecule has 1 rings (SSSR count). The molecule has 1 amide bonds. The third-order valence-corrected chi connectivity index (χ3v) is 3.98. The summed E-state index contributed by atoms with van der Waals surface area (Å²) in [5.74, 6) is 1.45. The minimum absolute atomic E-state index is 0.0877. The van der Waals surface area contributed by atoms with Gasteiger partial charge in [-0.25, -0.2) is 4.99 Å². The smallest absolute Gasteiger partial charge is 0.242 e. The standard InChI is InChI=1S/C17H27ClN4OS/c1-5-19-16(21-12-15(23)22-17(2,3)4)20-10-11-24-14-8-6-13(18)7-9-14/h6-9H,5,10-12H2,1-4H3,(H,22,23)(H2,19,20,21). The van der Waals surface area contributed by atoms with Gasteiger partial charge in [-0.3, -0.25) is 4.79 Å². The quantitative estimate of drug-likeness (QED) is 0.299. The van der Waals surface area contributed by atoms with Crippen molar-refractivity contribution in [1.82, 2.24) is 16.0 Å². The molecule has 0 aliphatic heterocycles. The van der Waals surface area contributed by atoms with E-state index in [0.717, 1.165) is 23.9 Å². The lowest BCUT2D eigenvalue weighted by atomic mass is 10.1. The number of carbonyl (C=O) groups excluding carboxylic acids is 1. The zero-order chi connectivity index (χ0) is 18.0. The second kappa shape index (κ2) is 10.5. The van der Waals surface area contributed by atoms with Crippen LogP contribution in [0.2, 0.25) is 5.02 Å². The summed E-state index contributed by atoms with van der Waals surface area (Å²) in [5.41, 5.74) is -0.242. The van der Waals surface area contributed by atoms with Crippen molar-refractivity contribution in [2.75, 3.05) is 25.4 Å². The fourth-order valence-electron chi connectivity index (χ4n) is 1.82. The van der Waals surface area contributed by atoms with E-state index in [1.165, 1.54) is 4.90 Å². The first-order chi connectivity index (χ1) is 11.3. The predicted molar refractivity (Wildman–Crippen MR) is 104 cm³/mol. The number of aliphatic imine (C=N–C) groups is 1. The molecule has 3 N–H and O–H groups in total. The highest BCUT2D eigenvalue weighted by atomic mass is 35.5. The van der Waals surface area contributed by atoms with Gasteiger partial charge in [-0.2, -0.15) is 0 Å². The molecule has 1 aromatic rings. The lowest BCUT2D eigenvalue weighted by molar-refractivity contribution is -0.121. The Morgan fingerprint density at radius 2 is 1.88 bits per heavy atom. The fraction of sp³-hybridized carbons (Fsp3) is 0.529. The average molecular weight is 371 g/mol. The zero-order valence-electron chi connectivity index (χ0n) is 14.8. The molecule has 134 valence electrons. The van der Waals surface area contributed by atoms with E-state index in [1.54, 1.807) is 11.8 Å². The fourth-order valence-corrected chi connectivity index (χ4v) is 2.71. The molecule has 24 heavy (non-hydrogen) atoms. The van der Waals surface area contributed by atoms with E-state index in [4.69, 9.17) is 11.6 Å². The molecular weight excluding hydrogens is 344 g/mol. The van der Waals surface area contributed by atoms with E-state index in [-0.39, 0.29) is 18.0 Å². The summed E-state index contributed by atoms with van der Waals surface area (Å²) in [6, 6.07) is 7.78. The van der Waals surface area contributed by atoms with Gasteiger partial charge in [0.2, 0.25) is 5.91 Å². The highest BCUT2D eigenvalue weighted by Crippen LogP contribution is 2.19. The first-order valence-electron chi connectivity index (χ1n) is 8.01. The Morgan fingerprint density at radius 3 is 2.46 bits per heavy atom. The molecule has 0 spiro atoms. The van der Waals surface area contributed by atoms with Crippen LogP contribution in [-0.4, -0.2) is 42.8 Å². The minimum Gasteiger partial charge on any atom is -0.357 e. The normalized spacial score (nSPS) is 12.0. The van der Waals surface area contributed by atoms with E-state index < -0.39 is 0 Å². The van der Waals surface area contributed by atoms with Crippen molar-refractivity contribution >= 4 is 35.2 Å². The van der Waals surface area contributed by atoms with Crippen LogP contribution in [0.3, 0.4) is 0 Å². The molecule has 0 unspecified atom stereocenters. The van der Waals surface area contributed by atoms with Crippen LogP contribution < -0.4 is 16.0 Å². The average Bonchev–Trinajstić information content (AvgIpc) is 2.49. The molecule has 0 heterocycles. The maximum absolute atomic E-state index is 11.8. The molecule has 0 fully saturated rings. The Kier molecular flexibility index (Phi) is 9.00. The molecule has 0 radical (unpaired) electrons. The van der Waals surface area contributed by atoms with E-state index in [1.807, 2.05) is 52.0 Å². The molecule has 7 heteroatoms.